The summed E-state index contributed by atoms with van der Waals surface area (Å²) in [7, 11) is 0. The van der Waals surface area contributed by atoms with E-state index in [1.807, 2.05) is 0 Å². The van der Waals surface area contributed by atoms with Gasteiger partial charge in [-0.1, -0.05) is 20.8 Å². The van der Waals surface area contributed by atoms with E-state index in [2.05, 4.69) is 36.0 Å². The van der Waals surface area contributed by atoms with Gasteiger partial charge < -0.3 is 4.74 Å². The molecule has 78 valence electrons. The molecule has 1 saturated heterocycles. The van der Waals surface area contributed by atoms with Crippen molar-refractivity contribution in [2.24, 2.45) is 5.92 Å². The largest absolute Gasteiger partial charge is 0.370 e. The highest BCUT2D eigenvalue weighted by Gasteiger charge is 2.28. The fourth-order valence-corrected chi connectivity index (χ4v) is 1.72. The Morgan fingerprint density at radius 1 is 1.50 bits per heavy atom. The van der Waals surface area contributed by atoms with Crippen LogP contribution in [-0.2, 0) is 4.74 Å². The normalized spacial score (nSPS) is 27.4. The van der Waals surface area contributed by atoms with Gasteiger partial charge in [0.25, 0.3) is 0 Å². The predicted octanol–water partition coefficient (Wildman–Crippen LogP) is 2.03. The van der Waals surface area contributed by atoms with Crippen molar-refractivity contribution < 1.29 is 4.74 Å². The third-order valence-electron chi connectivity index (χ3n) is 2.69. The summed E-state index contributed by atoms with van der Waals surface area (Å²) in [5.74, 6) is 2.68. The van der Waals surface area contributed by atoms with Crippen LogP contribution in [0.5, 0.6) is 0 Å². The van der Waals surface area contributed by atoms with Crippen molar-refractivity contribution in [2.45, 2.75) is 39.2 Å². The van der Waals surface area contributed by atoms with Gasteiger partial charge in [0.05, 0.1) is 0 Å². The molecule has 0 aromatic carbocycles. The fourth-order valence-electron chi connectivity index (χ4n) is 1.72. The fraction of sp³-hybridized carbons (Fsp3) is 0.800. The van der Waals surface area contributed by atoms with Gasteiger partial charge in [-0.15, -0.1) is 0 Å². The smallest absolute Gasteiger partial charge is 0.154 e. The highest BCUT2D eigenvalue weighted by atomic mass is 16.5. The molecule has 0 amide bonds. The molecule has 2 unspecified atom stereocenters. The Morgan fingerprint density at radius 3 is 2.79 bits per heavy atom. The van der Waals surface area contributed by atoms with Crippen LogP contribution in [0, 0.1) is 5.92 Å². The monoisotopic (exact) mass is 195 g/mol. The first-order valence-corrected chi connectivity index (χ1v) is 5.22. The molecule has 0 spiro atoms. The van der Waals surface area contributed by atoms with Gasteiger partial charge in [-0.2, -0.15) is 5.10 Å². The summed E-state index contributed by atoms with van der Waals surface area (Å²) < 4.78 is 5.61. The number of ether oxygens (including phenoxy) is 1. The molecule has 0 bridgehead atoms. The summed E-state index contributed by atoms with van der Waals surface area (Å²) in [6.45, 7) is 7.20. The van der Waals surface area contributed by atoms with E-state index in [-0.39, 0.29) is 6.10 Å². The van der Waals surface area contributed by atoms with Crippen LogP contribution in [0.15, 0.2) is 0 Å². The molecule has 0 saturated carbocycles. The molecule has 1 aromatic heterocycles. The van der Waals surface area contributed by atoms with Crippen molar-refractivity contribution in [1.82, 2.24) is 15.2 Å². The molecule has 14 heavy (non-hydrogen) atoms. The Kier molecular flexibility index (Phi) is 2.54. The topological polar surface area (TPSA) is 50.8 Å². The zero-order valence-electron chi connectivity index (χ0n) is 8.95. The number of aromatic amines is 1. The van der Waals surface area contributed by atoms with Crippen LogP contribution in [0.25, 0.3) is 0 Å². The second kappa shape index (κ2) is 3.69. The van der Waals surface area contributed by atoms with Crippen molar-refractivity contribution in [3.63, 3.8) is 0 Å². The molecule has 2 heterocycles. The molecule has 4 heteroatoms. The highest BCUT2D eigenvalue weighted by Crippen LogP contribution is 2.32. The van der Waals surface area contributed by atoms with Crippen LogP contribution in [0.2, 0.25) is 0 Å². The van der Waals surface area contributed by atoms with E-state index < -0.39 is 0 Å². The first-order chi connectivity index (χ1) is 6.68. The lowest BCUT2D eigenvalue weighted by Crippen LogP contribution is -2.06. The van der Waals surface area contributed by atoms with Crippen molar-refractivity contribution >= 4 is 0 Å². The van der Waals surface area contributed by atoms with Crippen LogP contribution in [-0.4, -0.2) is 21.8 Å². The van der Waals surface area contributed by atoms with E-state index in [0.717, 1.165) is 24.7 Å². The number of hydrogen-bond donors (Lipinski definition) is 1. The second-order valence-corrected chi connectivity index (χ2v) is 4.29. The molecular weight excluding hydrogens is 178 g/mol. The number of rotatable bonds is 2. The molecule has 0 radical (unpaired) electrons. The molecule has 2 rings (SSSR count). The third-order valence-corrected chi connectivity index (χ3v) is 2.69. The van der Waals surface area contributed by atoms with Gasteiger partial charge in [0, 0.05) is 12.5 Å². The van der Waals surface area contributed by atoms with Gasteiger partial charge in [-0.05, 0) is 12.3 Å². The Hall–Kier alpha value is -0.900. The van der Waals surface area contributed by atoms with E-state index in [9.17, 15) is 0 Å². The summed E-state index contributed by atoms with van der Waals surface area (Å²) >= 11 is 0. The summed E-state index contributed by atoms with van der Waals surface area (Å²) in [5, 5.41) is 7.15. The van der Waals surface area contributed by atoms with E-state index in [1.54, 1.807) is 0 Å². The molecule has 0 aliphatic carbocycles. The van der Waals surface area contributed by atoms with Gasteiger partial charge in [-0.25, -0.2) is 4.98 Å². The maximum Gasteiger partial charge on any atom is 0.154 e. The second-order valence-electron chi connectivity index (χ2n) is 4.29. The van der Waals surface area contributed by atoms with Gasteiger partial charge in [0.15, 0.2) is 11.6 Å². The van der Waals surface area contributed by atoms with Crippen LogP contribution in [0.3, 0.4) is 0 Å². The van der Waals surface area contributed by atoms with Crippen LogP contribution in [0.4, 0.5) is 0 Å². The lowest BCUT2D eigenvalue weighted by atomic mass is 10.0. The molecule has 1 aliphatic heterocycles. The SMILES string of the molecule is CC(C)c1n[nH]c(C2OCCC2C)n1. The molecule has 1 fully saturated rings. The lowest BCUT2D eigenvalue weighted by molar-refractivity contribution is 0.0875. The maximum absolute atomic E-state index is 5.61. The highest BCUT2D eigenvalue weighted by molar-refractivity contribution is 5.00. The first-order valence-electron chi connectivity index (χ1n) is 5.22. The van der Waals surface area contributed by atoms with E-state index in [1.165, 1.54) is 0 Å². The number of hydrogen-bond acceptors (Lipinski definition) is 3. The van der Waals surface area contributed by atoms with Crippen LogP contribution >= 0.6 is 0 Å². The average Bonchev–Trinajstić information content (AvgIpc) is 2.71. The van der Waals surface area contributed by atoms with Gasteiger partial charge in [0.1, 0.15) is 6.10 Å². The summed E-state index contributed by atoms with van der Waals surface area (Å²) in [6.07, 6.45) is 1.23. The zero-order valence-corrected chi connectivity index (χ0v) is 8.95. The average molecular weight is 195 g/mol. The molecule has 1 aromatic rings. The Labute approximate surface area is 84.1 Å². The molecule has 4 nitrogen and oxygen atoms in total. The van der Waals surface area contributed by atoms with Gasteiger partial charge in [0.2, 0.25) is 0 Å². The minimum atomic E-state index is 0.120. The van der Waals surface area contributed by atoms with Crippen molar-refractivity contribution in [3.05, 3.63) is 11.6 Å². The molecule has 1 N–H and O–H groups in total. The minimum Gasteiger partial charge on any atom is -0.370 e. The Morgan fingerprint density at radius 2 is 2.29 bits per heavy atom. The lowest BCUT2D eigenvalue weighted by Gasteiger charge is -2.09. The first kappa shape index (κ1) is 9.65. The van der Waals surface area contributed by atoms with Crippen LogP contribution < -0.4 is 0 Å². The Balaban J connectivity index is 2.16. The van der Waals surface area contributed by atoms with E-state index in [4.69, 9.17) is 4.74 Å². The molecular formula is C10H17N3O. The maximum atomic E-state index is 5.61. The number of nitrogens with one attached hydrogen (secondary N) is 1. The third kappa shape index (κ3) is 1.66. The molecule has 2 atom stereocenters. The standard InChI is InChI=1S/C10H17N3O/c1-6(2)9-11-10(13-12-9)8-7(3)4-5-14-8/h6-8H,4-5H2,1-3H3,(H,11,12,13). The summed E-state index contributed by atoms with van der Waals surface area (Å²) in [6, 6.07) is 0. The minimum absolute atomic E-state index is 0.120. The number of H-pyrrole nitrogens is 1. The quantitative estimate of drug-likeness (QED) is 0.785. The summed E-state index contributed by atoms with van der Waals surface area (Å²) in [5.41, 5.74) is 0. The zero-order chi connectivity index (χ0) is 10.1. The van der Waals surface area contributed by atoms with E-state index >= 15 is 0 Å². The van der Waals surface area contributed by atoms with E-state index in [0.29, 0.717) is 11.8 Å². The van der Waals surface area contributed by atoms with Gasteiger partial charge in [-0.3, -0.25) is 5.10 Å². The molecule has 1 aliphatic rings. The number of aromatic nitrogens is 3. The van der Waals surface area contributed by atoms with Crippen molar-refractivity contribution in [3.8, 4) is 0 Å². The van der Waals surface area contributed by atoms with Crippen molar-refractivity contribution in [2.75, 3.05) is 6.61 Å². The number of nitrogens with zero attached hydrogens (tertiary/aromatic N) is 2. The van der Waals surface area contributed by atoms with Gasteiger partial charge >= 0.3 is 0 Å². The van der Waals surface area contributed by atoms with Crippen LogP contribution in [0.1, 0.15) is 50.9 Å². The Bertz CT molecular complexity index is 308. The summed E-state index contributed by atoms with van der Waals surface area (Å²) in [4.78, 5) is 4.45. The van der Waals surface area contributed by atoms with Crippen molar-refractivity contribution in [1.29, 1.82) is 0 Å². The predicted molar refractivity (Wildman–Crippen MR) is 52.9 cm³/mol.